The number of nitrogens with zero attached hydrogens (tertiary/aromatic N) is 1. The quantitative estimate of drug-likeness (QED) is 0.867. The number of hydrogen-bond donors (Lipinski definition) is 2. The molecule has 1 aromatic heterocycles. The Balaban J connectivity index is 1.98. The highest BCUT2D eigenvalue weighted by atomic mass is 16.1. The zero-order valence-electron chi connectivity index (χ0n) is 12.5. The topological polar surface area (TPSA) is 54.0 Å². The predicted octanol–water partition coefficient (Wildman–Crippen LogP) is 3.21. The van der Waals surface area contributed by atoms with Crippen molar-refractivity contribution in [2.75, 3.05) is 18.4 Å². The molecule has 1 aliphatic rings. The van der Waals surface area contributed by atoms with Crippen molar-refractivity contribution in [3.8, 4) is 0 Å². The molecular formula is C16H25N3O. The average Bonchev–Trinajstić information content (AvgIpc) is 2.47. The van der Waals surface area contributed by atoms with Gasteiger partial charge in [-0.3, -0.25) is 9.78 Å². The standard InChI is InChI=1S/C16H25N3O/c1-3-18-14-7-10-17-11-13(14)15(20)19-12-16(2)8-5-4-6-9-16/h7,10-11H,3-6,8-9,12H2,1-2H3,(H,17,18)(H,19,20). The Bertz CT molecular complexity index is 453. The summed E-state index contributed by atoms with van der Waals surface area (Å²) in [4.78, 5) is 16.4. The Hall–Kier alpha value is -1.58. The van der Waals surface area contributed by atoms with Gasteiger partial charge in [-0.25, -0.2) is 0 Å². The lowest BCUT2D eigenvalue weighted by Crippen LogP contribution is -2.37. The fourth-order valence-corrected chi connectivity index (χ4v) is 2.89. The monoisotopic (exact) mass is 275 g/mol. The van der Waals surface area contributed by atoms with Crippen LogP contribution in [0.5, 0.6) is 0 Å². The van der Waals surface area contributed by atoms with Crippen LogP contribution in [0.15, 0.2) is 18.5 Å². The van der Waals surface area contributed by atoms with Gasteiger partial charge in [-0.05, 0) is 31.2 Å². The predicted molar refractivity (Wildman–Crippen MR) is 81.9 cm³/mol. The molecule has 0 bridgehead atoms. The Morgan fingerprint density at radius 3 is 2.80 bits per heavy atom. The van der Waals surface area contributed by atoms with Crippen LogP contribution in [0.4, 0.5) is 5.69 Å². The molecule has 2 rings (SSSR count). The first-order valence-corrected chi connectivity index (χ1v) is 7.61. The normalized spacial score (nSPS) is 17.5. The van der Waals surface area contributed by atoms with E-state index < -0.39 is 0 Å². The van der Waals surface area contributed by atoms with Gasteiger partial charge < -0.3 is 10.6 Å². The third-order valence-corrected chi connectivity index (χ3v) is 4.17. The van der Waals surface area contributed by atoms with Crippen molar-refractivity contribution in [3.63, 3.8) is 0 Å². The Morgan fingerprint density at radius 1 is 1.35 bits per heavy atom. The van der Waals surface area contributed by atoms with Crippen LogP contribution >= 0.6 is 0 Å². The van der Waals surface area contributed by atoms with Crippen LogP contribution < -0.4 is 10.6 Å². The van der Waals surface area contributed by atoms with E-state index in [1.54, 1.807) is 12.4 Å². The summed E-state index contributed by atoms with van der Waals surface area (Å²) in [5.74, 6) is -0.0270. The smallest absolute Gasteiger partial charge is 0.254 e. The molecule has 0 aromatic carbocycles. The zero-order chi connectivity index (χ0) is 14.4. The van der Waals surface area contributed by atoms with Gasteiger partial charge in [0.05, 0.1) is 11.3 Å². The van der Waals surface area contributed by atoms with E-state index in [-0.39, 0.29) is 11.3 Å². The SMILES string of the molecule is CCNc1ccncc1C(=O)NCC1(C)CCCCC1. The molecule has 4 nitrogen and oxygen atoms in total. The lowest BCUT2D eigenvalue weighted by molar-refractivity contribution is 0.0919. The number of carbonyl (C=O) groups excluding carboxylic acids is 1. The van der Waals surface area contributed by atoms with Crippen LogP contribution in [0.2, 0.25) is 0 Å². The highest BCUT2D eigenvalue weighted by molar-refractivity contribution is 5.99. The van der Waals surface area contributed by atoms with Crippen LogP contribution in [-0.4, -0.2) is 24.0 Å². The van der Waals surface area contributed by atoms with E-state index in [1.807, 2.05) is 13.0 Å². The summed E-state index contributed by atoms with van der Waals surface area (Å²) in [6.07, 6.45) is 9.65. The van der Waals surface area contributed by atoms with E-state index in [2.05, 4.69) is 22.5 Å². The second kappa shape index (κ2) is 6.73. The first kappa shape index (κ1) is 14.8. The van der Waals surface area contributed by atoms with Crippen molar-refractivity contribution < 1.29 is 4.79 Å². The van der Waals surface area contributed by atoms with Crippen LogP contribution in [-0.2, 0) is 0 Å². The highest BCUT2D eigenvalue weighted by Gasteiger charge is 2.27. The van der Waals surface area contributed by atoms with Gasteiger partial charge in [0.25, 0.3) is 5.91 Å². The summed E-state index contributed by atoms with van der Waals surface area (Å²) in [5, 5.41) is 6.29. The molecule has 0 atom stereocenters. The molecule has 1 saturated carbocycles. The van der Waals surface area contributed by atoms with E-state index in [9.17, 15) is 4.79 Å². The molecule has 0 saturated heterocycles. The molecule has 0 unspecified atom stereocenters. The van der Waals surface area contributed by atoms with E-state index in [0.29, 0.717) is 5.56 Å². The molecule has 4 heteroatoms. The Kier molecular flexibility index (Phi) is 4.99. The molecule has 2 N–H and O–H groups in total. The third kappa shape index (κ3) is 3.71. The number of nitrogens with one attached hydrogen (secondary N) is 2. The number of carbonyl (C=O) groups is 1. The summed E-state index contributed by atoms with van der Waals surface area (Å²) in [6.45, 7) is 5.85. The molecule has 0 radical (unpaired) electrons. The van der Waals surface area contributed by atoms with Crippen molar-refractivity contribution in [1.82, 2.24) is 10.3 Å². The van der Waals surface area contributed by atoms with Gasteiger partial charge in [-0.1, -0.05) is 26.2 Å². The van der Waals surface area contributed by atoms with Crippen molar-refractivity contribution in [1.29, 1.82) is 0 Å². The lowest BCUT2D eigenvalue weighted by Gasteiger charge is -2.33. The molecule has 1 aromatic rings. The minimum absolute atomic E-state index is 0.0270. The van der Waals surface area contributed by atoms with Crippen LogP contribution in [0, 0.1) is 5.41 Å². The van der Waals surface area contributed by atoms with Gasteiger partial charge in [-0.2, -0.15) is 0 Å². The van der Waals surface area contributed by atoms with Crippen LogP contribution in [0.25, 0.3) is 0 Å². The number of anilines is 1. The minimum Gasteiger partial charge on any atom is -0.385 e. The molecule has 1 fully saturated rings. The van der Waals surface area contributed by atoms with E-state index >= 15 is 0 Å². The number of pyridine rings is 1. The van der Waals surface area contributed by atoms with Gasteiger partial charge >= 0.3 is 0 Å². The summed E-state index contributed by atoms with van der Waals surface area (Å²) < 4.78 is 0. The van der Waals surface area contributed by atoms with Crippen molar-refractivity contribution in [3.05, 3.63) is 24.0 Å². The summed E-state index contributed by atoms with van der Waals surface area (Å²) in [6, 6.07) is 1.85. The summed E-state index contributed by atoms with van der Waals surface area (Å²) >= 11 is 0. The molecule has 20 heavy (non-hydrogen) atoms. The molecule has 1 amide bonds. The molecule has 1 aliphatic carbocycles. The van der Waals surface area contributed by atoms with Crippen molar-refractivity contribution >= 4 is 11.6 Å². The van der Waals surface area contributed by atoms with Crippen molar-refractivity contribution in [2.24, 2.45) is 5.41 Å². The molecule has 110 valence electrons. The van der Waals surface area contributed by atoms with E-state index in [4.69, 9.17) is 0 Å². The van der Waals surface area contributed by atoms with Gasteiger partial charge in [0, 0.05) is 25.5 Å². The Morgan fingerprint density at radius 2 is 2.10 bits per heavy atom. The van der Waals surface area contributed by atoms with Gasteiger partial charge in [0.2, 0.25) is 0 Å². The summed E-state index contributed by atoms with van der Waals surface area (Å²) in [7, 11) is 0. The van der Waals surface area contributed by atoms with Crippen LogP contribution in [0.3, 0.4) is 0 Å². The van der Waals surface area contributed by atoms with Crippen LogP contribution in [0.1, 0.15) is 56.3 Å². The number of hydrogen-bond acceptors (Lipinski definition) is 3. The van der Waals surface area contributed by atoms with E-state index in [1.165, 1.54) is 32.1 Å². The fourth-order valence-electron chi connectivity index (χ4n) is 2.89. The second-order valence-corrected chi connectivity index (χ2v) is 6.01. The summed E-state index contributed by atoms with van der Waals surface area (Å²) in [5.41, 5.74) is 1.75. The first-order chi connectivity index (χ1) is 9.64. The number of rotatable bonds is 5. The van der Waals surface area contributed by atoms with Gasteiger partial charge in [0.1, 0.15) is 0 Å². The first-order valence-electron chi connectivity index (χ1n) is 7.61. The second-order valence-electron chi connectivity index (χ2n) is 6.01. The lowest BCUT2D eigenvalue weighted by atomic mass is 9.76. The van der Waals surface area contributed by atoms with E-state index in [0.717, 1.165) is 18.8 Å². The van der Waals surface area contributed by atoms with Crippen molar-refractivity contribution in [2.45, 2.75) is 46.0 Å². The maximum Gasteiger partial charge on any atom is 0.254 e. The third-order valence-electron chi connectivity index (χ3n) is 4.17. The number of amides is 1. The van der Waals surface area contributed by atoms with Gasteiger partial charge in [-0.15, -0.1) is 0 Å². The zero-order valence-corrected chi connectivity index (χ0v) is 12.5. The Labute approximate surface area is 121 Å². The molecule has 1 heterocycles. The maximum atomic E-state index is 12.3. The van der Waals surface area contributed by atoms with Gasteiger partial charge in [0.15, 0.2) is 0 Å². The molecular weight excluding hydrogens is 250 g/mol. The fraction of sp³-hybridized carbons (Fsp3) is 0.625. The largest absolute Gasteiger partial charge is 0.385 e. The average molecular weight is 275 g/mol. The maximum absolute atomic E-state index is 12.3. The molecule has 0 aliphatic heterocycles. The number of aromatic nitrogens is 1. The minimum atomic E-state index is -0.0270. The highest BCUT2D eigenvalue weighted by Crippen LogP contribution is 2.35. The molecule has 0 spiro atoms.